The number of nitrogens with two attached hydrogens (primary N) is 2. The lowest BCUT2D eigenvalue weighted by atomic mass is 10.2. The van der Waals surface area contributed by atoms with E-state index in [2.05, 4.69) is 31.9 Å². The second-order valence-electron chi connectivity index (χ2n) is 6.78. The van der Waals surface area contributed by atoms with Gasteiger partial charge in [-0.25, -0.2) is 4.68 Å². The minimum atomic E-state index is -2.32. The van der Waals surface area contributed by atoms with Gasteiger partial charge in [-0.1, -0.05) is 0 Å². The van der Waals surface area contributed by atoms with Crippen LogP contribution in [0.4, 0.5) is 17.5 Å². The largest absolute Gasteiger partial charge is 0.772 e. The Bertz CT molecular complexity index is 1030. The molecule has 28 heavy (non-hydrogen) atoms. The summed E-state index contributed by atoms with van der Waals surface area (Å²) in [6.45, 7) is 3.99. The molecule has 3 heterocycles. The molecule has 148 valence electrons. The third kappa shape index (κ3) is 3.51. The van der Waals surface area contributed by atoms with Gasteiger partial charge in [0.15, 0.2) is 5.65 Å². The van der Waals surface area contributed by atoms with Crippen molar-refractivity contribution in [3.8, 4) is 5.69 Å². The first-order chi connectivity index (χ1) is 13.4. The summed E-state index contributed by atoms with van der Waals surface area (Å²) in [5, 5.41) is 4.82. The van der Waals surface area contributed by atoms with Crippen molar-refractivity contribution in [3.63, 3.8) is 0 Å². The van der Waals surface area contributed by atoms with Crippen molar-refractivity contribution < 1.29 is 8.76 Å². The highest BCUT2D eigenvalue weighted by molar-refractivity contribution is 7.78. The van der Waals surface area contributed by atoms with E-state index in [4.69, 9.17) is 11.5 Å². The number of aromatic nitrogens is 4. The number of hydrogen-bond donors (Lipinski definition) is 2. The summed E-state index contributed by atoms with van der Waals surface area (Å²) in [7, 11) is 2.12. The smallest absolute Gasteiger partial charge is 0.224 e. The maximum absolute atomic E-state index is 11.2. The highest BCUT2D eigenvalue weighted by atomic mass is 32.2. The van der Waals surface area contributed by atoms with Crippen LogP contribution in [0.15, 0.2) is 24.3 Å². The first kappa shape index (κ1) is 18.6. The average molecular weight is 401 g/mol. The van der Waals surface area contributed by atoms with Gasteiger partial charge in [0.25, 0.3) is 0 Å². The van der Waals surface area contributed by atoms with Gasteiger partial charge in [-0.3, -0.25) is 4.21 Å². The summed E-state index contributed by atoms with van der Waals surface area (Å²) in [5.74, 6) is -0.154. The quantitative estimate of drug-likeness (QED) is 0.582. The predicted octanol–water partition coefficient (Wildman–Crippen LogP) is 0.111. The first-order valence-electron chi connectivity index (χ1n) is 8.83. The molecule has 4 rings (SSSR count). The average Bonchev–Trinajstić information content (AvgIpc) is 3.00. The van der Waals surface area contributed by atoms with Crippen molar-refractivity contribution in [2.45, 2.75) is 5.75 Å². The number of likely N-dealkylation sites (N-methyl/N-ethyl adjacent to an activating group) is 1. The summed E-state index contributed by atoms with van der Waals surface area (Å²) in [4.78, 5) is 12.8. The van der Waals surface area contributed by atoms with Gasteiger partial charge in [0.1, 0.15) is 5.82 Å². The van der Waals surface area contributed by atoms with E-state index >= 15 is 0 Å². The number of hydrogen-bond acceptors (Lipinski definition) is 9. The van der Waals surface area contributed by atoms with Gasteiger partial charge in [0.2, 0.25) is 5.95 Å². The zero-order chi connectivity index (χ0) is 19.8. The Kier molecular flexibility index (Phi) is 4.87. The minimum Gasteiger partial charge on any atom is -0.772 e. The van der Waals surface area contributed by atoms with Crippen LogP contribution in [0.1, 0.15) is 5.69 Å². The molecule has 1 unspecified atom stereocenters. The fraction of sp³-hybridized carbons (Fsp3) is 0.353. The SMILES string of the molecule is CN1CCN(c2ccc(-n3nc(CS(=O)[O-])c4c(N)nc(N)nc43)cc2)CC1. The molecule has 1 aromatic carbocycles. The van der Waals surface area contributed by atoms with Crippen LogP contribution in [0.2, 0.25) is 0 Å². The maximum Gasteiger partial charge on any atom is 0.224 e. The molecule has 10 nitrogen and oxygen atoms in total. The van der Waals surface area contributed by atoms with Gasteiger partial charge in [-0.15, -0.1) is 0 Å². The Hall–Kier alpha value is -2.76. The van der Waals surface area contributed by atoms with Crippen molar-refractivity contribution >= 4 is 39.6 Å². The Morgan fingerprint density at radius 1 is 1.07 bits per heavy atom. The lowest BCUT2D eigenvalue weighted by Crippen LogP contribution is -2.44. The molecule has 1 aliphatic heterocycles. The van der Waals surface area contributed by atoms with Crippen LogP contribution in [0.5, 0.6) is 0 Å². The first-order valence-corrected chi connectivity index (χ1v) is 10.1. The van der Waals surface area contributed by atoms with Gasteiger partial charge in [-0.05, 0) is 42.4 Å². The molecule has 0 bridgehead atoms. The highest BCUT2D eigenvalue weighted by Gasteiger charge is 2.19. The topological polar surface area (TPSA) is 142 Å². The molecule has 3 aromatic rings. The molecule has 0 radical (unpaired) electrons. The van der Waals surface area contributed by atoms with Crippen molar-refractivity contribution in [3.05, 3.63) is 30.0 Å². The van der Waals surface area contributed by atoms with Crippen molar-refractivity contribution in [2.24, 2.45) is 0 Å². The molecule has 1 saturated heterocycles. The van der Waals surface area contributed by atoms with E-state index in [9.17, 15) is 8.76 Å². The third-order valence-corrected chi connectivity index (χ3v) is 5.37. The van der Waals surface area contributed by atoms with Gasteiger partial charge in [0.05, 0.1) is 22.5 Å². The molecule has 4 N–H and O–H groups in total. The summed E-state index contributed by atoms with van der Waals surface area (Å²) in [6, 6.07) is 7.89. The molecule has 1 atom stereocenters. The van der Waals surface area contributed by atoms with E-state index in [1.54, 1.807) is 4.68 Å². The Labute approximate surface area is 164 Å². The van der Waals surface area contributed by atoms with Crippen LogP contribution in [-0.2, 0) is 16.8 Å². The van der Waals surface area contributed by atoms with E-state index in [-0.39, 0.29) is 17.5 Å². The van der Waals surface area contributed by atoms with Gasteiger partial charge >= 0.3 is 0 Å². The number of fused-ring (bicyclic) bond motifs is 1. The van der Waals surface area contributed by atoms with Crippen LogP contribution in [0, 0.1) is 0 Å². The molecule has 0 spiro atoms. The monoisotopic (exact) mass is 401 g/mol. The lowest BCUT2D eigenvalue weighted by Gasteiger charge is -2.34. The van der Waals surface area contributed by atoms with Crippen molar-refractivity contribution in [1.29, 1.82) is 0 Å². The van der Waals surface area contributed by atoms with Crippen LogP contribution in [0.3, 0.4) is 0 Å². The van der Waals surface area contributed by atoms with E-state index in [0.717, 1.165) is 37.6 Å². The highest BCUT2D eigenvalue weighted by Crippen LogP contribution is 2.27. The zero-order valence-electron chi connectivity index (χ0n) is 15.4. The fourth-order valence-corrected chi connectivity index (χ4v) is 3.82. The van der Waals surface area contributed by atoms with Gasteiger partial charge < -0.3 is 25.8 Å². The van der Waals surface area contributed by atoms with Crippen molar-refractivity contribution in [2.75, 3.05) is 49.6 Å². The molecule has 0 amide bonds. The van der Waals surface area contributed by atoms with Crippen LogP contribution < -0.4 is 16.4 Å². The molecular formula is C17H21N8O2S-. The maximum atomic E-state index is 11.2. The lowest BCUT2D eigenvalue weighted by molar-refractivity contribution is 0.313. The molecule has 0 aliphatic carbocycles. The molecule has 1 fully saturated rings. The van der Waals surface area contributed by atoms with Crippen LogP contribution in [-0.4, -0.2) is 66.6 Å². The van der Waals surface area contributed by atoms with E-state index in [1.165, 1.54) is 0 Å². The summed E-state index contributed by atoms with van der Waals surface area (Å²) < 4.78 is 24.0. The fourth-order valence-electron chi connectivity index (χ4n) is 3.39. The Morgan fingerprint density at radius 3 is 2.36 bits per heavy atom. The number of nitrogens with zero attached hydrogens (tertiary/aromatic N) is 6. The van der Waals surface area contributed by atoms with Crippen molar-refractivity contribution in [1.82, 2.24) is 24.6 Å². The molecule has 2 aromatic heterocycles. The number of rotatable bonds is 4. The molecule has 1 aliphatic rings. The van der Waals surface area contributed by atoms with Gasteiger partial charge in [0, 0.05) is 31.9 Å². The summed E-state index contributed by atoms with van der Waals surface area (Å²) in [5.41, 5.74) is 14.3. The Morgan fingerprint density at radius 2 is 1.71 bits per heavy atom. The predicted molar refractivity (Wildman–Crippen MR) is 108 cm³/mol. The molecule has 11 heteroatoms. The zero-order valence-corrected chi connectivity index (χ0v) is 16.2. The standard InChI is InChI=1S/C17H22N8O2S/c1-23-6-8-24(9-7-23)11-2-4-12(5-3-11)25-16-14(13(22-25)10-28(26)27)15(18)20-17(19)21-16/h2-5H,6-10H2,1H3,(H,26,27)(H4,18,19,20,21)/p-1. The van der Waals surface area contributed by atoms with Crippen LogP contribution >= 0.6 is 0 Å². The van der Waals surface area contributed by atoms with E-state index in [0.29, 0.717) is 16.7 Å². The molecule has 0 saturated carbocycles. The second-order valence-corrected chi connectivity index (χ2v) is 7.68. The normalized spacial score (nSPS) is 16.6. The number of piperazine rings is 1. The second kappa shape index (κ2) is 7.34. The van der Waals surface area contributed by atoms with Gasteiger partial charge in [-0.2, -0.15) is 15.1 Å². The van der Waals surface area contributed by atoms with E-state index < -0.39 is 11.1 Å². The molecular weight excluding hydrogens is 380 g/mol. The number of benzene rings is 1. The number of anilines is 3. The minimum absolute atomic E-state index is 0.00926. The summed E-state index contributed by atoms with van der Waals surface area (Å²) >= 11 is -2.32. The number of nitrogen functional groups attached to an aromatic ring is 2. The van der Waals surface area contributed by atoms with Crippen LogP contribution in [0.25, 0.3) is 16.7 Å². The van der Waals surface area contributed by atoms with E-state index in [1.807, 2.05) is 24.3 Å². The third-order valence-electron chi connectivity index (χ3n) is 4.86. The Balaban J connectivity index is 1.73. The summed E-state index contributed by atoms with van der Waals surface area (Å²) in [6.07, 6.45) is 0.